The van der Waals surface area contributed by atoms with E-state index >= 15 is 0 Å². The Morgan fingerprint density at radius 1 is 1.32 bits per heavy atom. The summed E-state index contributed by atoms with van der Waals surface area (Å²) in [5.74, 6) is -0.128. The van der Waals surface area contributed by atoms with Crippen molar-refractivity contribution in [1.29, 1.82) is 0 Å². The number of aliphatic hydroxyl groups is 1. The molecule has 0 saturated heterocycles. The summed E-state index contributed by atoms with van der Waals surface area (Å²) in [4.78, 5) is 16.5. The molecule has 2 N–H and O–H groups in total. The minimum absolute atomic E-state index is 0.0924. The van der Waals surface area contributed by atoms with Gasteiger partial charge in [-0.2, -0.15) is 0 Å². The van der Waals surface area contributed by atoms with Gasteiger partial charge in [0.1, 0.15) is 5.01 Å². The lowest BCUT2D eigenvalue weighted by molar-refractivity contribution is -0.122. The smallest absolute Gasteiger partial charge is 0.226 e. The standard InChI is InChI=1S/C17H22N2O2S/c1-4-12-5-7-13(8-6-12)16-18-14(10-22-16)9-15(21)19-17(2,3)11-20/h5-8,10,20H,4,9,11H2,1-3H3,(H,19,21). The molecule has 0 aliphatic carbocycles. The molecule has 0 unspecified atom stereocenters. The first-order valence-electron chi connectivity index (χ1n) is 7.39. The highest BCUT2D eigenvalue weighted by Gasteiger charge is 2.19. The van der Waals surface area contributed by atoms with Crippen molar-refractivity contribution in [3.63, 3.8) is 0 Å². The first-order valence-corrected chi connectivity index (χ1v) is 8.27. The van der Waals surface area contributed by atoms with Crippen LogP contribution in [0.5, 0.6) is 0 Å². The summed E-state index contributed by atoms with van der Waals surface area (Å²) in [5, 5.41) is 14.8. The number of aryl methyl sites for hydroxylation is 1. The largest absolute Gasteiger partial charge is 0.394 e. The Labute approximate surface area is 135 Å². The maximum atomic E-state index is 12.0. The van der Waals surface area contributed by atoms with Gasteiger partial charge in [0, 0.05) is 10.9 Å². The summed E-state index contributed by atoms with van der Waals surface area (Å²) in [7, 11) is 0. The molecule has 1 aromatic heterocycles. The molecule has 0 spiro atoms. The van der Waals surface area contributed by atoms with Gasteiger partial charge in [-0.15, -0.1) is 11.3 Å². The maximum absolute atomic E-state index is 12.0. The fourth-order valence-electron chi connectivity index (χ4n) is 2.03. The van der Waals surface area contributed by atoms with Crippen molar-refractivity contribution in [2.75, 3.05) is 6.61 Å². The Hall–Kier alpha value is -1.72. The molecule has 0 radical (unpaired) electrons. The lowest BCUT2D eigenvalue weighted by Gasteiger charge is -2.23. The van der Waals surface area contributed by atoms with E-state index in [1.54, 1.807) is 25.2 Å². The number of aromatic nitrogens is 1. The number of hydrogen-bond donors (Lipinski definition) is 2. The normalized spacial score (nSPS) is 11.5. The van der Waals surface area contributed by atoms with Crippen LogP contribution in [0.15, 0.2) is 29.6 Å². The number of carbonyl (C=O) groups is 1. The predicted molar refractivity (Wildman–Crippen MR) is 89.9 cm³/mol. The Morgan fingerprint density at radius 2 is 2.00 bits per heavy atom. The van der Waals surface area contributed by atoms with Gasteiger partial charge in [-0.1, -0.05) is 31.2 Å². The van der Waals surface area contributed by atoms with Gasteiger partial charge in [-0.05, 0) is 25.8 Å². The Kier molecular flexibility index (Phi) is 5.32. The van der Waals surface area contributed by atoms with Gasteiger partial charge in [0.05, 0.1) is 24.3 Å². The third-order valence-corrected chi connectivity index (χ3v) is 4.32. The monoisotopic (exact) mass is 318 g/mol. The molecular weight excluding hydrogens is 296 g/mol. The van der Waals surface area contributed by atoms with E-state index in [1.807, 2.05) is 5.38 Å². The number of aliphatic hydroxyl groups excluding tert-OH is 1. The first-order chi connectivity index (χ1) is 10.4. The molecule has 22 heavy (non-hydrogen) atoms. The van der Waals surface area contributed by atoms with Crippen LogP contribution in [0.3, 0.4) is 0 Å². The summed E-state index contributed by atoms with van der Waals surface area (Å²) in [6.07, 6.45) is 1.25. The summed E-state index contributed by atoms with van der Waals surface area (Å²) in [6.45, 7) is 5.60. The minimum Gasteiger partial charge on any atom is -0.394 e. The number of rotatable bonds is 6. The van der Waals surface area contributed by atoms with Crippen LogP contribution in [0, 0.1) is 0 Å². The molecule has 2 rings (SSSR count). The molecule has 0 fully saturated rings. The molecule has 0 aliphatic heterocycles. The fourth-order valence-corrected chi connectivity index (χ4v) is 2.86. The number of amides is 1. The van der Waals surface area contributed by atoms with Crippen molar-refractivity contribution in [1.82, 2.24) is 10.3 Å². The highest BCUT2D eigenvalue weighted by molar-refractivity contribution is 7.13. The van der Waals surface area contributed by atoms with E-state index in [2.05, 4.69) is 41.5 Å². The molecule has 1 amide bonds. The Bertz CT molecular complexity index is 632. The van der Waals surface area contributed by atoms with Crippen LogP contribution >= 0.6 is 11.3 Å². The molecule has 4 nitrogen and oxygen atoms in total. The SMILES string of the molecule is CCc1ccc(-c2nc(CC(=O)NC(C)(C)CO)cs2)cc1. The van der Waals surface area contributed by atoms with Crippen LogP contribution in [0.2, 0.25) is 0 Å². The van der Waals surface area contributed by atoms with Crippen LogP contribution in [0.1, 0.15) is 32.0 Å². The van der Waals surface area contributed by atoms with Gasteiger partial charge < -0.3 is 10.4 Å². The molecule has 5 heteroatoms. The van der Waals surface area contributed by atoms with Crippen LogP contribution in [0.25, 0.3) is 10.6 Å². The van der Waals surface area contributed by atoms with Crippen molar-refractivity contribution in [2.45, 2.75) is 39.2 Å². The Balaban J connectivity index is 2.03. The van der Waals surface area contributed by atoms with Crippen LogP contribution in [0.4, 0.5) is 0 Å². The maximum Gasteiger partial charge on any atom is 0.226 e. The second kappa shape index (κ2) is 7.03. The number of nitrogens with one attached hydrogen (secondary N) is 1. The zero-order valence-corrected chi connectivity index (χ0v) is 14.0. The summed E-state index contributed by atoms with van der Waals surface area (Å²) < 4.78 is 0. The number of carbonyl (C=O) groups excluding carboxylic acids is 1. The predicted octanol–water partition coefficient (Wildman–Crippen LogP) is 2.80. The zero-order valence-electron chi connectivity index (χ0n) is 13.2. The van der Waals surface area contributed by atoms with Crippen LogP contribution in [-0.2, 0) is 17.6 Å². The molecule has 0 bridgehead atoms. The number of benzene rings is 1. The summed E-state index contributed by atoms with van der Waals surface area (Å²) in [5.41, 5.74) is 2.52. The van der Waals surface area contributed by atoms with Crippen molar-refractivity contribution in [2.24, 2.45) is 0 Å². The van der Waals surface area contributed by atoms with Gasteiger partial charge in [-0.3, -0.25) is 4.79 Å². The summed E-state index contributed by atoms with van der Waals surface area (Å²) >= 11 is 1.54. The second-order valence-corrected chi connectivity index (χ2v) is 6.82. The molecule has 1 aromatic carbocycles. The molecule has 2 aromatic rings. The average Bonchev–Trinajstić information content (AvgIpc) is 2.95. The van der Waals surface area contributed by atoms with Crippen molar-refractivity contribution >= 4 is 17.2 Å². The van der Waals surface area contributed by atoms with Gasteiger partial charge in [0.25, 0.3) is 0 Å². The van der Waals surface area contributed by atoms with Gasteiger partial charge in [-0.25, -0.2) is 4.98 Å². The van der Waals surface area contributed by atoms with E-state index in [-0.39, 0.29) is 18.9 Å². The highest BCUT2D eigenvalue weighted by Crippen LogP contribution is 2.24. The van der Waals surface area contributed by atoms with Crippen LogP contribution in [-0.4, -0.2) is 28.1 Å². The molecule has 0 atom stereocenters. The molecule has 0 saturated carbocycles. The minimum atomic E-state index is -0.605. The van der Waals surface area contributed by atoms with Crippen molar-refractivity contribution in [3.8, 4) is 10.6 Å². The van der Waals surface area contributed by atoms with E-state index in [0.717, 1.165) is 22.7 Å². The van der Waals surface area contributed by atoms with E-state index in [9.17, 15) is 9.90 Å². The van der Waals surface area contributed by atoms with Crippen molar-refractivity contribution < 1.29 is 9.90 Å². The molecule has 1 heterocycles. The van der Waals surface area contributed by atoms with Gasteiger partial charge >= 0.3 is 0 Å². The molecule has 118 valence electrons. The molecule has 0 aliphatic rings. The van der Waals surface area contributed by atoms with E-state index in [0.29, 0.717) is 0 Å². The van der Waals surface area contributed by atoms with Crippen LogP contribution < -0.4 is 5.32 Å². The number of hydrogen-bond acceptors (Lipinski definition) is 4. The van der Waals surface area contributed by atoms with E-state index in [4.69, 9.17) is 0 Å². The van der Waals surface area contributed by atoms with Crippen molar-refractivity contribution in [3.05, 3.63) is 40.9 Å². The quantitative estimate of drug-likeness (QED) is 0.861. The third kappa shape index (κ3) is 4.39. The second-order valence-electron chi connectivity index (χ2n) is 5.96. The van der Waals surface area contributed by atoms with Gasteiger partial charge in [0.15, 0.2) is 0 Å². The van der Waals surface area contributed by atoms with E-state index in [1.165, 1.54) is 5.56 Å². The first kappa shape index (κ1) is 16.6. The lowest BCUT2D eigenvalue weighted by Crippen LogP contribution is -2.46. The topological polar surface area (TPSA) is 62.2 Å². The third-order valence-electron chi connectivity index (χ3n) is 3.38. The van der Waals surface area contributed by atoms with E-state index < -0.39 is 5.54 Å². The number of thiazole rings is 1. The zero-order chi connectivity index (χ0) is 16.2. The fraction of sp³-hybridized carbons (Fsp3) is 0.412. The highest BCUT2D eigenvalue weighted by atomic mass is 32.1. The van der Waals surface area contributed by atoms with Gasteiger partial charge in [0.2, 0.25) is 5.91 Å². The average molecular weight is 318 g/mol. The lowest BCUT2D eigenvalue weighted by atomic mass is 10.1. The Morgan fingerprint density at radius 3 is 2.59 bits per heavy atom. The molecular formula is C17H22N2O2S. The number of nitrogens with zero attached hydrogens (tertiary/aromatic N) is 1. The summed E-state index contributed by atoms with van der Waals surface area (Å²) in [6, 6.07) is 8.34.